The first kappa shape index (κ1) is 66.1. The predicted octanol–water partition coefficient (Wildman–Crippen LogP) is 19.5. The van der Waals surface area contributed by atoms with Crippen LogP contribution in [0.1, 0.15) is 258 Å². The number of rotatable bonds is 51. The molecule has 0 aromatic rings. The Balaban J connectivity index is 4.42. The number of allylic oxidation sites excluding steroid dienone is 18. The van der Waals surface area contributed by atoms with E-state index in [2.05, 4.69) is 130 Å². The van der Waals surface area contributed by atoms with Gasteiger partial charge in [0.15, 0.2) is 6.10 Å². The van der Waals surface area contributed by atoms with Crippen molar-refractivity contribution in [2.24, 2.45) is 0 Å². The average Bonchev–Trinajstić information content (AvgIpc) is 3.36. The standard InChI is InChI=1S/C64H106O6/c1-4-7-10-13-16-19-22-25-28-30-32-34-36-39-42-45-48-51-54-57-63(66)69-60-61(59-68-62(65)56-53-50-47-44-41-38-27-24-21-18-15-12-9-6-3)70-64(67)58-55-52-49-46-43-40-37-35-33-31-29-26-23-20-17-14-11-8-5-2/h7-12,16-21,25-26,28-29,32,34,61H,4-6,13-15,22-24,27,30-31,33,35-60H2,1-3H3/b10-7-,11-8-,12-9-,19-16-,20-17-,21-18-,28-25-,29-26-,34-32-. The van der Waals surface area contributed by atoms with Gasteiger partial charge in [-0.05, 0) is 116 Å². The molecule has 0 aromatic heterocycles. The lowest BCUT2D eigenvalue weighted by Crippen LogP contribution is -2.30. The highest BCUT2D eigenvalue weighted by Gasteiger charge is 2.19. The molecule has 0 rings (SSSR count). The number of unbranched alkanes of at least 4 members (excludes halogenated alkanes) is 22. The van der Waals surface area contributed by atoms with Gasteiger partial charge in [0.2, 0.25) is 0 Å². The number of carbonyl (C=O) groups is 3. The second-order valence-electron chi connectivity index (χ2n) is 18.8. The van der Waals surface area contributed by atoms with Crippen molar-refractivity contribution >= 4 is 17.9 Å². The summed E-state index contributed by atoms with van der Waals surface area (Å²) >= 11 is 0. The molecule has 70 heavy (non-hydrogen) atoms. The number of ether oxygens (including phenoxy) is 3. The van der Waals surface area contributed by atoms with Gasteiger partial charge in [-0.3, -0.25) is 14.4 Å². The molecule has 0 aliphatic heterocycles. The third kappa shape index (κ3) is 55.0. The fourth-order valence-electron chi connectivity index (χ4n) is 7.78. The molecular weight excluding hydrogens is 865 g/mol. The van der Waals surface area contributed by atoms with Crippen LogP contribution in [0.4, 0.5) is 0 Å². The lowest BCUT2D eigenvalue weighted by Gasteiger charge is -2.18. The Morgan fingerprint density at radius 3 is 0.800 bits per heavy atom. The normalized spacial score (nSPS) is 12.9. The molecule has 0 saturated carbocycles. The van der Waals surface area contributed by atoms with Crippen molar-refractivity contribution in [3.63, 3.8) is 0 Å². The molecule has 0 heterocycles. The Hall–Kier alpha value is -3.93. The van der Waals surface area contributed by atoms with Gasteiger partial charge < -0.3 is 14.2 Å². The molecule has 0 aromatic carbocycles. The molecule has 398 valence electrons. The summed E-state index contributed by atoms with van der Waals surface area (Å²) in [4.78, 5) is 38.2. The summed E-state index contributed by atoms with van der Waals surface area (Å²) in [5, 5.41) is 0. The van der Waals surface area contributed by atoms with Crippen molar-refractivity contribution in [3.8, 4) is 0 Å². The predicted molar refractivity (Wildman–Crippen MR) is 302 cm³/mol. The second kappa shape index (κ2) is 57.6. The van der Waals surface area contributed by atoms with Crippen LogP contribution in [0.15, 0.2) is 109 Å². The summed E-state index contributed by atoms with van der Waals surface area (Å²) in [5.41, 5.74) is 0. The number of esters is 3. The largest absolute Gasteiger partial charge is 0.462 e. The van der Waals surface area contributed by atoms with Gasteiger partial charge in [-0.25, -0.2) is 0 Å². The molecule has 0 N–H and O–H groups in total. The molecule has 0 aliphatic rings. The molecule has 1 atom stereocenters. The molecule has 1 unspecified atom stereocenters. The fraction of sp³-hybridized carbons (Fsp3) is 0.672. The Kier molecular flexibility index (Phi) is 54.4. The molecule has 0 aliphatic carbocycles. The van der Waals surface area contributed by atoms with E-state index in [4.69, 9.17) is 14.2 Å². The third-order valence-corrected chi connectivity index (χ3v) is 12.0. The quantitative estimate of drug-likeness (QED) is 0.0262. The molecular formula is C64H106O6. The summed E-state index contributed by atoms with van der Waals surface area (Å²) < 4.78 is 16.9. The maximum atomic E-state index is 12.9. The summed E-state index contributed by atoms with van der Waals surface area (Å²) in [6.45, 7) is 6.30. The van der Waals surface area contributed by atoms with Crippen LogP contribution in [-0.2, 0) is 28.6 Å². The maximum absolute atomic E-state index is 12.9. The topological polar surface area (TPSA) is 78.9 Å². The smallest absolute Gasteiger partial charge is 0.306 e. The Morgan fingerprint density at radius 1 is 0.286 bits per heavy atom. The van der Waals surface area contributed by atoms with Crippen LogP contribution in [0, 0.1) is 0 Å². The molecule has 0 fully saturated rings. The molecule has 0 radical (unpaired) electrons. The van der Waals surface area contributed by atoms with E-state index in [0.717, 1.165) is 141 Å². The lowest BCUT2D eigenvalue weighted by molar-refractivity contribution is -0.167. The monoisotopic (exact) mass is 971 g/mol. The number of hydrogen-bond acceptors (Lipinski definition) is 6. The maximum Gasteiger partial charge on any atom is 0.306 e. The minimum absolute atomic E-state index is 0.0903. The molecule has 6 nitrogen and oxygen atoms in total. The second-order valence-corrected chi connectivity index (χ2v) is 18.8. The Bertz CT molecular complexity index is 1440. The van der Waals surface area contributed by atoms with E-state index in [0.29, 0.717) is 19.3 Å². The van der Waals surface area contributed by atoms with Crippen LogP contribution in [0.5, 0.6) is 0 Å². The summed E-state index contributed by atoms with van der Waals surface area (Å²) in [7, 11) is 0. The fourth-order valence-corrected chi connectivity index (χ4v) is 7.78. The highest BCUT2D eigenvalue weighted by atomic mass is 16.6. The zero-order chi connectivity index (χ0) is 50.7. The number of hydrogen-bond donors (Lipinski definition) is 0. The first-order valence-corrected chi connectivity index (χ1v) is 28.9. The van der Waals surface area contributed by atoms with Crippen molar-refractivity contribution in [2.75, 3.05) is 13.2 Å². The van der Waals surface area contributed by atoms with Crippen LogP contribution in [0.3, 0.4) is 0 Å². The highest BCUT2D eigenvalue weighted by Crippen LogP contribution is 2.15. The third-order valence-electron chi connectivity index (χ3n) is 12.0. The lowest BCUT2D eigenvalue weighted by atomic mass is 10.1. The minimum atomic E-state index is -0.793. The average molecular weight is 972 g/mol. The van der Waals surface area contributed by atoms with Gasteiger partial charge in [-0.1, -0.05) is 233 Å². The first-order chi connectivity index (χ1) is 34.5. The summed E-state index contributed by atoms with van der Waals surface area (Å²) in [6.07, 6.45) is 77.9. The van der Waals surface area contributed by atoms with E-state index in [-0.39, 0.29) is 31.1 Å². The number of carbonyl (C=O) groups excluding carboxylic acids is 3. The zero-order valence-corrected chi connectivity index (χ0v) is 45.5. The zero-order valence-electron chi connectivity index (χ0n) is 45.5. The van der Waals surface area contributed by atoms with Crippen LogP contribution < -0.4 is 0 Å². The van der Waals surface area contributed by atoms with Gasteiger partial charge in [-0.2, -0.15) is 0 Å². The highest BCUT2D eigenvalue weighted by molar-refractivity contribution is 5.71. The molecule has 0 bridgehead atoms. The van der Waals surface area contributed by atoms with E-state index in [9.17, 15) is 14.4 Å². The van der Waals surface area contributed by atoms with Gasteiger partial charge in [0.05, 0.1) is 0 Å². The van der Waals surface area contributed by atoms with Gasteiger partial charge in [-0.15, -0.1) is 0 Å². The van der Waals surface area contributed by atoms with Crippen LogP contribution in [0.2, 0.25) is 0 Å². The summed E-state index contributed by atoms with van der Waals surface area (Å²) in [6, 6.07) is 0. The van der Waals surface area contributed by atoms with Gasteiger partial charge in [0.1, 0.15) is 13.2 Å². The van der Waals surface area contributed by atoms with E-state index < -0.39 is 6.10 Å². The van der Waals surface area contributed by atoms with Crippen molar-refractivity contribution in [3.05, 3.63) is 109 Å². The molecule has 0 amide bonds. The van der Waals surface area contributed by atoms with E-state index in [1.165, 1.54) is 77.0 Å². The molecule has 0 spiro atoms. The van der Waals surface area contributed by atoms with Crippen LogP contribution in [-0.4, -0.2) is 37.2 Å². The van der Waals surface area contributed by atoms with E-state index in [1.54, 1.807) is 0 Å². The van der Waals surface area contributed by atoms with Crippen molar-refractivity contribution in [1.29, 1.82) is 0 Å². The first-order valence-electron chi connectivity index (χ1n) is 28.9. The Morgan fingerprint density at radius 2 is 0.514 bits per heavy atom. The van der Waals surface area contributed by atoms with Crippen LogP contribution >= 0.6 is 0 Å². The van der Waals surface area contributed by atoms with Crippen LogP contribution in [0.25, 0.3) is 0 Å². The summed E-state index contributed by atoms with van der Waals surface area (Å²) in [5.74, 6) is -0.916. The van der Waals surface area contributed by atoms with Gasteiger partial charge in [0.25, 0.3) is 0 Å². The molecule has 6 heteroatoms. The van der Waals surface area contributed by atoms with Gasteiger partial charge >= 0.3 is 17.9 Å². The van der Waals surface area contributed by atoms with Crippen molar-refractivity contribution in [1.82, 2.24) is 0 Å². The van der Waals surface area contributed by atoms with Gasteiger partial charge in [0, 0.05) is 19.3 Å². The minimum Gasteiger partial charge on any atom is -0.462 e. The Labute approximate surface area is 431 Å². The molecule has 0 saturated heterocycles. The van der Waals surface area contributed by atoms with Crippen molar-refractivity contribution < 1.29 is 28.6 Å². The van der Waals surface area contributed by atoms with E-state index in [1.807, 2.05) is 0 Å². The van der Waals surface area contributed by atoms with E-state index >= 15 is 0 Å². The van der Waals surface area contributed by atoms with Crippen molar-refractivity contribution in [2.45, 2.75) is 264 Å². The SMILES string of the molecule is CC/C=C\C/C=C\C/C=C\C/C=C\CCCCCCCCC(=O)OCC(COC(=O)CCCCCCCCC/C=C\C/C=C\CC)OC(=O)CCCCCCCCCCC/C=C\C/C=C\C/C=C\CC.